The Labute approximate surface area is 145 Å². The quantitative estimate of drug-likeness (QED) is 0.723. The molecule has 4 nitrogen and oxygen atoms in total. The van der Waals surface area contributed by atoms with Gasteiger partial charge in [-0.25, -0.2) is 4.98 Å². The van der Waals surface area contributed by atoms with Crippen LogP contribution in [0.3, 0.4) is 0 Å². The van der Waals surface area contributed by atoms with E-state index in [1.807, 2.05) is 61.8 Å². The summed E-state index contributed by atoms with van der Waals surface area (Å²) in [5.74, 6) is 0.380. The smallest absolute Gasteiger partial charge is 0.224 e. The first-order valence-electron chi connectivity index (χ1n) is 7.88. The van der Waals surface area contributed by atoms with Crippen LogP contribution in [0, 0.1) is 5.92 Å². The number of nitrogens with one attached hydrogen (secondary N) is 1. The number of hydrogen-bond donors (Lipinski definition) is 1. The topological polar surface area (TPSA) is 54.9 Å². The molecule has 0 radical (unpaired) electrons. The fraction of sp³-hybridized carbons (Fsp3) is 0.211. The van der Waals surface area contributed by atoms with Crippen molar-refractivity contribution in [2.24, 2.45) is 5.92 Å². The molecule has 1 aromatic carbocycles. The van der Waals surface area contributed by atoms with Gasteiger partial charge in [0.2, 0.25) is 5.91 Å². The molecule has 0 aliphatic rings. The maximum atomic E-state index is 11.9. The average Bonchev–Trinajstić information content (AvgIpc) is 3.05. The lowest BCUT2D eigenvalue weighted by atomic mass is 10.1. The molecule has 0 saturated carbocycles. The second kappa shape index (κ2) is 7.36. The number of nitrogens with zero attached hydrogens (tertiary/aromatic N) is 2. The number of hydrogen-bond acceptors (Lipinski definition) is 4. The molecule has 24 heavy (non-hydrogen) atoms. The Balaban J connectivity index is 1.79. The van der Waals surface area contributed by atoms with Gasteiger partial charge in [-0.15, -0.1) is 11.3 Å². The number of pyridine rings is 1. The van der Waals surface area contributed by atoms with Crippen LogP contribution < -0.4 is 5.32 Å². The van der Waals surface area contributed by atoms with Gasteiger partial charge in [0, 0.05) is 41.0 Å². The first-order chi connectivity index (χ1) is 11.6. The summed E-state index contributed by atoms with van der Waals surface area (Å²) < 4.78 is 0. The summed E-state index contributed by atoms with van der Waals surface area (Å²) in [5.41, 5.74) is 3.70. The molecule has 5 heteroatoms. The molecule has 0 aliphatic carbocycles. The Hall–Kier alpha value is -2.53. The lowest BCUT2D eigenvalue weighted by Crippen LogP contribution is -2.13. The van der Waals surface area contributed by atoms with E-state index in [0.29, 0.717) is 12.3 Å². The molecule has 3 rings (SSSR count). The molecule has 0 aliphatic heterocycles. The van der Waals surface area contributed by atoms with Crippen LogP contribution in [-0.2, 0) is 4.79 Å². The van der Waals surface area contributed by atoms with E-state index in [1.165, 1.54) is 0 Å². The summed E-state index contributed by atoms with van der Waals surface area (Å²) in [6.45, 7) is 4.07. The molecule has 3 aromatic rings. The lowest BCUT2D eigenvalue weighted by molar-refractivity contribution is -0.116. The number of aromatic nitrogens is 2. The minimum Gasteiger partial charge on any atom is -0.326 e. The predicted molar refractivity (Wildman–Crippen MR) is 98.9 cm³/mol. The number of carbonyl (C=O) groups is 1. The molecule has 0 spiro atoms. The largest absolute Gasteiger partial charge is 0.326 e. The van der Waals surface area contributed by atoms with Gasteiger partial charge in [-0.2, -0.15) is 0 Å². The van der Waals surface area contributed by atoms with Crippen molar-refractivity contribution in [1.29, 1.82) is 0 Å². The SMILES string of the molecule is CC(C)CC(=O)Nc1cccc(-c2csc(-c3cccnc3)n2)c1. The van der Waals surface area contributed by atoms with Gasteiger partial charge in [0.1, 0.15) is 5.01 Å². The van der Waals surface area contributed by atoms with Gasteiger partial charge in [-0.1, -0.05) is 26.0 Å². The van der Waals surface area contributed by atoms with Crippen molar-refractivity contribution in [2.75, 3.05) is 5.32 Å². The highest BCUT2D eigenvalue weighted by Gasteiger charge is 2.09. The third-order valence-electron chi connectivity index (χ3n) is 3.45. The van der Waals surface area contributed by atoms with Gasteiger partial charge >= 0.3 is 0 Å². The second-order valence-electron chi connectivity index (χ2n) is 6.01. The summed E-state index contributed by atoms with van der Waals surface area (Å²) in [6, 6.07) is 11.7. The summed E-state index contributed by atoms with van der Waals surface area (Å²) in [4.78, 5) is 20.7. The number of rotatable bonds is 5. The van der Waals surface area contributed by atoms with E-state index in [4.69, 9.17) is 0 Å². The Morgan fingerprint density at radius 2 is 2.04 bits per heavy atom. The monoisotopic (exact) mass is 337 g/mol. The molecule has 2 aromatic heterocycles. The van der Waals surface area contributed by atoms with E-state index >= 15 is 0 Å². The van der Waals surface area contributed by atoms with E-state index in [9.17, 15) is 4.79 Å². The minimum absolute atomic E-state index is 0.0384. The van der Waals surface area contributed by atoms with Gasteiger partial charge in [0.15, 0.2) is 0 Å². The number of carbonyl (C=O) groups excluding carboxylic acids is 1. The highest BCUT2D eigenvalue weighted by Crippen LogP contribution is 2.29. The first-order valence-corrected chi connectivity index (χ1v) is 8.76. The van der Waals surface area contributed by atoms with Crippen molar-refractivity contribution in [1.82, 2.24) is 9.97 Å². The van der Waals surface area contributed by atoms with Gasteiger partial charge < -0.3 is 5.32 Å². The fourth-order valence-corrected chi connectivity index (χ4v) is 3.19. The van der Waals surface area contributed by atoms with Crippen LogP contribution in [0.15, 0.2) is 54.2 Å². The first kappa shape index (κ1) is 16.3. The highest BCUT2D eigenvalue weighted by atomic mass is 32.1. The van der Waals surface area contributed by atoms with Crippen LogP contribution in [0.2, 0.25) is 0 Å². The molecule has 0 unspecified atom stereocenters. The minimum atomic E-state index is 0.0384. The standard InChI is InChI=1S/C19H19N3OS/c1-13(2)9-18(23)21-16-7-3-5-14(10-16)17-12-24-19(22-17)15-6-4-8-20-11-15/h3-8,10-13H,9H2,1-2H3,(H,21,23). The predicted octanol–water partition coefficient (Wildman–Crippen LogP) is 4.86. The molecule has 0 bridgehead atoms. The average molecular weight is 337 g/mol. The van der Waals surface area contributed by atoms with Crippen LogP contribution in [0.4, 0.5) is 5.69 Å². The van der Waals surface area contributed by atoms with Crippen molar-refractivity contribution in [3.8, 4) is 21.8 Å². The van der Waals surface area contributed by atoms with E-state index in [-0.39, 0.29) is 5.91 Å². The van der Waals surface area contributed by atoms with E-state index in [2.05, 4.69) is 15.3 Å². The molecule has 1 N–H and O–H groups in total. The van der Waals surface area contributed by atoms with Gasteiger partial charge in [-0.05, 0) is 30.2 Å². The van der Waals surface area contributed by atoms with Crippen LogP contribution in [0.25, 0.3) is 21.8 Å². The van der Waals surface area contributed by atoms with Gasteiger partial charge in [0.05, 0.1) is 5.69 Å². The maximum Gasteiger partial charge on any atom is 0.224 e. The molecular weight excluding hydrogens is 318 g/mol. The number of benzene rings is 1. The van der Waals surface area contributed by atoms with Gasteiger partial charge in [0.25, 0.3) is 0 Å². The maximum absolute atomic E-state index is 11.9. The second-order valence-corrected chi connectivity index (χ2v) is 6.86. The summed E-state index contributed by atoms with van der Waals surface area (Å²) in [7, 11) is 0. The van der Waals surface area contributed by atoms with Crippen molar-refractivity contribution in [3.63, 3.8) is 0 Å². The summed E-state index contributed by atoms with van der Waals surface area (Å²) >= 11 is 1.59. The molecule has 0 saturated heterocycles. The zero-order chi connectivity index (χ0) is 16.9. The zero-order valence-electron chi connectivity index (χ0n) is 13.7. The van der Waals surface area contributed by atoms with Crippen molar-refractivity contribution in [3.05, 3.63) is 54.2 Å². The fourth-order valence-electron chi connectivity index (χ4n) is 2.37. The Morgan fingerprint density at radius 3 is 2.79 bits per heavy atom. The van der Waals surface area contributed by atoms with Crippen LogP contribution >= 0.6 is 11.3 Å². The molecular formula is C19H19N3OS. The molecule has 1 amide bonds. The molecule has 122 valence electrons. The van der Waals surface area contributed by atoms with Crippen molar-refractivity contribution < 1.29 is 4.79 Å². The van der Waals surface area contributed by atoms with Crippen LogP contribution in [-0.4, -0.2) is 15.9 Å². The number of amides is 1. The molecule has 0 atom stereocenters. The number of thiazole rings is 1. The summed E-state index contributed by atoms with van der Waals surface area (Å²) in [6.07, 6.45) is 4.08. The van der Waals surface area contributed by atoms with E-state index < -0.39 is 0 Å². The number of anilines is 1. The lowest BCUT2D eigenvalue weighted by Gasteiger charge is -2.08. The Morgan fingerprint density at radius 1 is 1.21 bits per heavy atom. The van der Waals surface area contributed by atoms with Crippen molar-refractivity contribution >= 4 is 22.9 Å². The van der Waals surface area contributed by atoms with E-state index in [0.717, 1.165) is 27.5 Å². The highest BCUT2D eigenvalue weighted by molar-refractivity contribution is 7.13. The Kier molecular flexibility index (Phi) is 5.01. The van der Waals surface area contributed by atoms with Crippen LogP contribution in [0.5, 0.6) is 0 Å². The third-order valence-corrected chi connectivity index (χ3v) is 4.34. The Bertz CT molecular complexity index is 827. The van der Waals surface area contributed by atoms with E-state index in [1.54, 1.807) is 17.5 Å². The summed E-state index contributed by atoms with van der Waals surface area (Å²) in [5, 5.41) is 5.91. The van der Waals surface area contributed by atoms with Crippen LogP contribution in [0.1, 0.15) is 20.3 Å². The molecule has 2 heterocycles. The van der Waals surface area contributed by atoms with Crippen molar-refractivity contribution in [2.45, 2.75) is 20.3 Å². The zero-order valence-corrected chi connectivity index (χ0v) is 14.5. The molecule has 0 fully saturated rings. The normalized spacial score (nSPS) is 10.8. The van der Waals surface area contributed by atoms with Gasteiger partial charge in [-0.3, -0.25) is 9.78 Å². The third kappa shape index (κ3) is 4.06.